The van der Waals surface area contributed by atoms with Gasteiger partial charge in [-0.05, 0) is 17.7 Å². The monoisotopic (exact) mass is 234 g/mol. The van der Waals surface area contributed by atoms with Gasteiger partial charge in [0.15, 0.2) is 6.10 Å². The maximum Gasteiger partial charge on any atom is 0.416 e. The van der Waals surface area contributed by atoms with E-state index >= 15 is 0 Å². The average molecular weight is 234 g/mol. The molecular formula is C10H9F3O3. The van der Waals surface area contributed by atoms with Gasteiger partial charge in [-0.2, -0.15) is 13.2 Å². The second-order valence-electron chi connectivity index (χ2n) is 3.07. The highest BCUT2D eigenvalue weighted by Gasteiger charge is 2.30. The molecule has 16 heavy (non-hydrogen) atoms. The molecule has 0 aliphatic heterocycles. The van der Waals surface area contributed by atoms with E-state index < -0.39 is 23.8 Å². The topological polar surface area (TPSA) is 46.5 Å². The van der Waals surface area contributed by atoms with Gasteiger partial charge in [-0.1, -0.05) is 12.1 Å². The first kappa shape index (κ1) is 12.5. The molecule has 0 heterocycles. The number of hydrogen-bond donors (Lipinski definition) is 1. The zero-order valence-electron chi connectivity index (χ0n) is 8.28. The van der Waals surface area contributed by atoms with Crippen molar-refractivity contribution in [1.29, 1.82) is 0 Å². The molecule has 0 saturated heterocycles. The van der Waals surface area contributed by atoms with E-state index in [1.54, 1.807) is 0 Å². The summed E-state index contributed by atoms with van der Waals surface area (Å²) in [4.78, 5) is 10.7. The lowest BCUT2D eigenvalue weighted by molar-refractivity contribution is -0.148. The lowest BCUT2D eigenvalue weighted by atomic mass is 10.1. The Balaban J connectivity index is 2.98. The predicted octanol–water partition coefficient (Wildman–Crippen LogP) is 2.48. The summed E-state index contributed by atoms with van der Waals surface area (Å²) in [7, 11) is 1.18. The minimum absolute atomic E-state index is 0.169. The van der Waals surface area contributed by atoms with E-state index in [9.17, 15) is 18.0 Å². The van der Waals surface area contributed by atoms with Gasteiger partial charge in [0.1, 0.15) is 0 Å². The summed E-state index contributed by atoms with van der Waals surface area (Å²) in [5.41, 5.74) is -0.653. The fourth-order valence-electron chi connectivity index (χ4n) is 1.23. The Bertz CT molecular complexity index is 370. The minimum atomic E-state index is -4.43. The molecule has 1 atom stereocenters. The van der Waals surface area contributed by atoms with Crippen LogP contribution in [-0.4, -0.2) is 18.2 Å². The van der Waals surface area contributed by atoms with Crippen LogP contribution < -0.4 is 0 Å². The Morgan fingerprint density at radius 3 is 2.12 bits per heavy atom. The molecule has 0 bridgehead atoms. The molecule has 0 aliphatic rings. The van der Waals surface area contributed by atoms with Crippen molar-refractivity contribution in [2.24, 2.45) is 0 Å². The summed E-state index contributed by atoms with van der Waals surface area (Å²) in [5.74, 6) is -1.25. The second kappa shape index (κ2) is 4.52. The molecule has 0 radical (unpaired) electrons. The van der Waals surface area contributed by atoms with E-state index in [4.69, 9.17) is 5.11 Å². The predicted molar refractivity (Wildman–Crippen MR) is 48.8 cm³/mol. The normalized spacial score (nSPS) is 13.5. The summed E-state index contributed by atoms with van der Waals surface area (Å²) < 4.78 is 41.3. The SMILES string of the molecule is COC(C(=O)O)c1ccc(C(F)(F)F)cc1. The quantitative estimate of drug-likeness (QED) is 0.873. The van der Waals surface area contributed by atoms with Crippen LogP contribution in [0.25, 0.3) is 0 Å². The van der Waals surface area contributed by atoms with Crippen molar-refractivity contribution in [3.05, 3.63) is 35.4 Å². The van der Waals surface area contributed by atoms with E-state index in [1.165, 1.54) is 7.11 Å². The molecule has 6 heteroatoms. The largest absolute Gasteiger partial charge is 0.479 e. The maximum atomic E-state index is 12.2. The van der Waals surface area contributed by atoms with Gasteiger partial charge in [0.05, 0.1) is 5.56 Å². The molecule has 0 saturated carbocycles. The third kappa shape index (κ3) is 2.73. The smallest absolute Gasteiger partial charge is 0.416 e. The summed E-state index contributed by atoms with van der Waals surface area (Å²) in [5, 5.41) is 8.71. The first-order valence-electron chi connectivity index (χ1n) is 4.29. The highest BCUT2D eigenvalue weighted by molar-refractivity contribution is 5.74. The molecular weight excluding hydrogens is 225 g/mol. The van der Waals surface area contributed by atoms with Crippen LogP contribution in [0.2, 0.25) is 0 Å². The van der Waals surface area contributed by atoms with Gasteiger partial charge >= 0.3 is 12.1 Å². The number of ether oxygens (including phenoxy) is 1. The van der Waals surface area contributed by atoms with E-state index in [0.29, 0.717) is 0 Å². The highest BCUT2D eigenvalue weighted by atomic mass is 19.4. The van der Waals surface area contributed by atoms with E-state index in [0.717, 1.165) is 24.3 Å². The fraction of sp³-hybridized carbons (Fsp3) is 0.300. The number of carboxylic acids is 1. The number of benzene rings is 1. The Morgan fingerprint density at radius 1 is 1.31 bits per heavy atom. The van der Waals surface area contributed by atoms with Gasteiger partial charge < -0.3 is 9.84 Å². The van der Waals surface area contributed by atoms with Crippen molar-refractivity contribution in [3.8, 4) is 0 Å². The van der Waals surface area contributed by atoms with Crippen molar-refractivity contribution in [1.82, 2.24) is 0 Å². The number of hydrogen-bond acceptors (Lipinski definition) is 2. The Labute approximate surface area is 89.5 Å². The van der Waals surface area contributed by atoms with Crippen molar-refractivity contribution in [2.75, 3.05) is 7.11 Å². The Hall–Kier alpha value is -1.56. The van der Waals surface area contributed by atoms with Gasteiger partial charge in [-0.15, -0.1) is 0 Å². The molecule has 1 unspecified atom stereocenters. The van der Waals surface area contributed by atoms with Crippen molar-refractivity contribution in [3.63, 3.8) is 0 Å². The molecule has 88 valence electrons. The lowest BCUT2D eigenvalue weighted by Crippen LogP contribution is -2.14. The van der Waals surface area contributed by atoms with Crippen LogP contribution in [-0.2, 0) is 15.7 Å². The van der Waals surface area contributed by atoms with Gasteiger partial charge in [-0.3, -0.25) is 0 Å². The molecule has 1 aromatic carbocycles. The van der Waals surface area contributed by atoms with Crippen LogP contribution >= 0.6 is 0 Å². The molecule has 1 N–H and O–H groups in total. The van der Waals surface area contributed by atoms with Crippen LogP contribution in [0.5, 0.6) is 0 Å². The van der Waals surface area contributed by atoms with E-state index in [-0.39, 0.29) is 5.56 Å². The third-order valence-corrected chi connectivity index (χ3v) is 2.00. The van der Waals surface area contributed by atoms with Crippen molar-refractivity contribution in [2.45, 2.75) is 12.3 Å². The highest BCUT2D eigenvalue weighted by Crippen LogP contribution is 2.30. The third-order valence-electron chi connectivity index (χ3n) is 2.00. The second-order valence-corrected chi connectivity index (χ2v) is 3.07. The van der Waals surface area contributed by atoms with E-state index in [2.05, 4.69) is 4.74 Å². The van der Waals surface area contributed by atoms with Crippen molar-refractivity contribution < 1.29 is 27.8 Å². The van der Waals surface area contributed by atoms with Crippen molar-refractivity contribution >= 4 is 5.97 Å². The maximum absolute atomic E-state index is 12.2. The Kier molecular flexibility index (Phi) is 3.54. The molecule has 0 fully saturated rings. The molecule has 0 aliphatic carbocycles. The Morgan fingerprint density at radius 2 is 1.81 bits per heavy atom. The average Bonchev–Trinajstić information content (AvgIpc) is 2.17. The van der Waals surface area contributed by atoms with Crippen LogP contribution in [0.4, 0.5) is 13.2 Å². The number of aliphatic carboxylic acids is 1. The molecule has 0 aromatic heterocycles. The van der Waals surface area contributed by atoms with E-state index in [1.807, 2.05) is 0 Å². The molecule has 0 amide bonds. The minimum Gasteiger partial charge on any atom is -0.479 e. The summed E-state index contributed by atoms with van der Waals surface area (Å²) in [6.45, 7) is 0. The van der Waals surface area contributed by atoms with Gasteiger partial charge in [-0.25, -0.2) is 4.79 Å². The number of halogens is 3. The number of rotatable bonds is 3. The number of methoxy groups -OCH3 is 1. The van der Waals surface area contributed by atoms with Crippen LogP contribution in [0.3, 0.4) is 0 Å². The summed E-state index contributed by atoms with van der Waals surface area (Å²) >= 11 is 0. The van der Waals surface area contributed by atoms with Gasteiger partial charge in [0.2, 0.25) is 0 Å². The lowest BCUT2D eigenvalue weighted by Gasteiger charge is -2.12. The standard InChI is InChI=1S/C10H9F3O3/c1-16-8(9(14)15)6-2-4-7(5-3-6)10(11,12)13/h2-5,8H,1H3,(H,14,15). The molecule has 0 spiro atoms. The number of alkyl halides is 3. The van der Waals surface area contributed by atoms with Crippen LogP contribution in [0, 0.1) is 0 Å². The molecule has 1 aromatic rings. The van der Waals surface area contributed by atoms with Gasteiger partial charge in [0.25, 0.3) is 0 Å². The first-order chi connectivity index (χ1) is 7.36. The number of carboxylic acid groups (broad SMARTS) is 1. The number of carbonyl (C=O) groups is 1. The molecule has 1 rings (SSSR count). The zero-order chi connectivity index (χ0) is 12.3. The fourth-order valence-corrected chi connectivity index (χ4v) is 1.23. The first-order valence-corrected chi connectivity index (χ1v) is 4.29. The zero-order valence-corrected chi connectivity index (χ0v) is 8.28. The molecule has 3 nitrogen and oxygen atoms in total. The summed E-state index contributed by atoms with van der Waals surface area (Å²) in [6, 6.07) is 3.82. The van der Waals surface area contributed by atoms with Gasteiger partial charge in [0, 0.05) is 7.11 Å². The van der Waals surface area contributed by atoms with Crippen LogP contribution in [0.1, 0.15) is 17.2 Å². The summed E-state index contributed by atoms with van der Waals surface area (Å²) in [6.07, 6.45) is -5.67. The van der Waals surface area contributed by atoms with Crippen LogP contribution in [0.15, 0.2) is 24.3 Å².